The summed E-state index contributed by atoms with van der Waals surface area (Å²) in [7, 11) is 0. The molecule has 4 aliphatic rings. The van der Waals surface area contributed by atoms with Gasteiger partial charge in [0.05, 0.1) is 25.4 Å². The smallest absolute Gasteiger partial charge is 0.239 e. The van der Waals surface area contributed by atoms with Gasteiger partial charge in [-0.05, 0) is 32.0 Å². The maximum Gasteiger partial charge on any atom is 0.239 e. The van der Waals surface area contributed by atoms with Crippen molar-refractivity contribution < 1.29 is 119 Å². The van der Waals surface area contributed by atoms with Crippen molar-refractivity contribution >= 4 is 11.0 Å². The lowest BCUT2D eigenvalue weighted by atomic mass is 9.97. The fraction of sp³-hybridized carbons (Fsp3) is 0.615. The van der Waals surface area contributed by atoms with Gasteiger partial charge in [0, 0.05) is 17.7 Å². The van der Waals surface area contributed by atoms with Crippen LogP contribution in [0.25, 0.3) is 22.3 Å². The SMILES string of the molecule is CC1OC(OCC2OC(Oc3c(-c4ccc(O)c(O)c4)oc4cc(OC5OC(CO)C(O)C(O)C5O)cc(O)c4c3=O)C(OC3OC(C)C(O)C(O)C3O)C(O)C2O)C(O)C(O)C1O. The Hall–Kier alpha value is -4.07. The highest BCUT2D eigenvalue weighted by Crippen LogP contribution is 2.41. The summed E-state index contributed by atoms with van der Waals surface area (Å²) in [6, 6.07) is 5.00. The number of benzene rings is 2. The lowest BCUT2D eigenvalue weighted by molar-refractivity contribution is -0.360. The van der Waals surface area contributed by atoms with Crippen molar-refractivity contribution in [3.05, 3.63) is 40.6 Å². The van der Waals surface area contributed by atoms with E-state index >= 15 is 0 Å². The second-order valence-corrected chi connectivity index (χ2v) is 15.9. The Kier molecular flexibility index (Phi) is 14.2. The van der Waals surface area contributed by atoms with Crippen molar-refractivity contribution in [2.75, 3.05) is 13.2 Å². The van der Waals surface area contributed by atoms with Gasteiger partial charge in [-0.15, -0.1) is 0 Å². The normalized spacial score (nSPS) is 40.6. The molecular formula is C39H50O25. The maximum absolute atomic E-state index is 14.5. The van der Waals surface area contributed by atoms with Gasteiger partial charge in [0.25, 0.3) is 0 Å². The van der Waals surface area contributed by atoms with Gasteiger partial charge in [-0.3, -0.25) is 4.79 Å². The van der Waals surface area contributed by atoms with Gasteiger partial charge in [0.1, 0.15) is 102 Å². The van der Waals surface area contributed by atoms with Crippen LogP contribution >= 0.6 is 0 Å². The highest BCUT2D eigenvalue weighted by molar-refractivity contribution is 5.88. The van der Waals surface area contributed by atoms with Crippen LogP contribution in [-0.4, -0.2) is 213 Å². The number of aliphatic hydroxyl groups excluding tert-OH is 12. The zero-order chi connectivity index (χ0) is 46.6. The quantitative estimate of drug-likeness (QED) is 0.0798. The predicted octanol–water partition coefficient (Wildman–Crippen LogP) is -5.36. The molecule has 0 amide bonds. The van der Waals surface area contributed by atoms with Crippen LogP contribution in [0.3, 0.4) is 0 Å². The average Bonchev–Trinajstić information content (AvgIpc) is 3.26. The van der Waals surface area contributed by atoms with Gasteiger partial charge in [-0.25, -0.2) is 0 Å². The van der Waals surface area contributed by atoms with Crippen molar-refractivity contribution in [3.63, 3.8) is 0 Å². The van der Waals surface area contributed by atoms with Crippen molar-refractivity contribution in [1.29, 1.82) is 0 Å². The predicted molar refractivity (Wildman–Crippen MR) is 204 cm³/mol. The molecule has 4 fully saturated rings. The van der Waals surface area contributed by atoms with Crippen LogP contribution < -0.4 is 14.9 Å². The molecule has 25 heteroatoms. The summed E-state index contributed by atoms with van der Waals surface area (Å²) in [5, 5.41) is 157. The van der Waals surface area contributed by atoms with Crippen LogP contribution in [0, 0.1) is 0 Å². The van der Waals surface area contributed by atoms with E-state index in [4.69, 9.17) is 42.3 Å². The van der Waals surface area contributed by atoms with Gasteiger partial charge in [0.2, 0.25) is 23.8 Å². The molecular weight excluding hydrogens is 868 g/mol. The number of rotatable bonds is 11. The number of aliphatic hydroxyl groups is 12. The van der Waals surface area contributed by atoms with Gasteiger partial charge in [-0.1, -0.05) is 0 Å². The van der Waals surface area contributed by atoms with Crippen LogP contribution in [0.4, 0.5) is 0 Å². The number of fused-ring (bicyclic) bond motifs is 1. The van der Waals surface area contributed by atoms with Crippen molar-refractivity contribution in [2.24, 2.45) is 0 Å². The zero-order valence-electron chi connectivity index (χ0n) is 33.6. The first-order valence-corrected chi connectivity index (χ1v) is 19.9. The first-order valence-electron chi connectivity index (χ1n) is 19.9. The third-order valence-corrected chi connectivity index (χ3v) is 11.5. The minimum atomic E-state index is -2.12. The average molecular weight is 919 g/mol. The molecule has 5 heterocycles. The molecule has 0 radical (unpaired) electrons. The van der Waals surface area contributed by atoms with Gasteiger partial charge in [-0.2, -0.15) is 0 Å². The molecule has 7 rings (SSSR count). The van der Waals surface area contributed by atoms with Crippen LogP contribution in [-0.2, 0) is 28.4 Å². The summed E-state index contributed by atoms with van der Waals surface area (Å²) in [6.07, 6.45) is -34.6. The van der Waals surface area contributed by atoms with E-state index in [0.717, 1.165) is 30.3 Å². The first-order chi connectivity index (χ1) is 30.2. The van der Waals surface area contributed by atoms with Crippen molar-refractivity contribution in [2.45, 2.75) is 137 Å². The molecule has 0 spiro atoms. The highest BCUT2D eigenvalue weighted by Gasteiger charge is 2.52. The highest BCUT2D eigenvalue weighted by atomic mass is 16.8. The molecule has 15 N–H and O–H groups in total. The second-order valence-electron chi connectivity index (χ2n) is 15.9. The summed E-state index contributed by atoms with van der Waals surface area (Å²) < 4.78 is 51.5. The standard InChI is InChI=1S/C39H50O25/c1-10-21(44)26(49)30(53)36(57-10)56-9-19-24(47)29(52)35(64-37-31(54)27(50)22(45)11(2)58-37)39(62-19)63-34-25(48)20-16(43)6-13(59-38-32(55)28(51)23(46)18(8-40)61-38)7-17(20)60-33(34)12-3-4-14(41)15(42)5-12/h3-7,10-11,18-19,21-24,26-32,35-47,49-55H,8-9H2,1-2H3. The van der Waals surface area contributed by atoms with Crippen molar-refractivity contribution in [3.8, 4) is 40.1 Å². The minimum Gasteiger partial charge on any atom is -0.507 e. The number of ether oxygens (including phenoxy) is 8. The van der Waals surface area contributed by atoms with E-state index in [-0.39, 0.29) is 11.3 Å². The third kappa shape index (κ3) is 9.06. The second kappa shape index (κ2) is 19.0. The summed E-state index contributed by atoms with van der Waals surface area (Å²) in [6.45, 7) is 1.16. The van der Waals surface area contributed by atoms with Crippen molar-refractivity contribution in [1.82, 2.24) is 0 Å². The van der Waals surface area contributed by atoms with Gasteiger partial charge >= 0.3 is 0 Å². The van der Waals surface area contributed by atoms with Crippen LogP contribution in [0.2, 0.25) is 0 Å². The Bertz CT molecular complexity index is 2150. The van der Waals surface area contributed by atoms with Gasteiger partial charge in [0.15, 0.2) is 35.9 Å². The van der Waals surface area contributed by atoms with Crippen LogP contribution in [0.5, 0.6) is 28.7 Å². The molecule has 0 aliphatic carbocycles. The van der Waals surface area contributed by atoms with E-state index in [0.29, 0.717) is 0 Å². The van der Waals surface area contributed by atoms with E-state index in [2.05, 4.69) is 0 Å². The summed E-state index contributed by atoms with van der Waals surface area (Å²) in [4.78, 5) is 14.5. The fourth-order valence-corrected chi connectivity index (χ4v) is 7.61. The molecule has 20 unspecified atom stereocenters. The van der Waals surface area contributed by atoms with Crippen LogP contribution in [0.1, 0.15) is 13.8 Å². The number of hydrogen-bond donors (Lipinski definition) is 15. The fourth-order valence-electron chi connectivity index (χ4n) is 7.61. The van der Waals surface area contributed by atoms with E-state index in [9.17, 15) is 81.4 Å². The first kappa shape index (κ1) is 47.9. The van der Waals surface area contributed by atoms with E-state index in [1.807, 2.05) is 0 Å². The van der Waals surface area contributed by atoms with E-state index in [1.165, 1.54) is 13.8 Å². The molecule has 1 aromatic heterocycles. The Morgan fingerprint density at radius 3 is 1.78 bits per heavy atom. The Morgan fingerprint density at radius 1 is 0.562 bits per heavy atom. The Balaban J connectivity index is 1.28. The molecule has 4 saturated heterocycles. The largest absolute Gasteiger partial charge is 0.507 e. The topological polar surface area (TPSA) is 408 Å². The molecule has 4 aliphatic heterocycles. The third-order valence-electron chi connectivity index (χ3n) is 11.5. The molecule has 64 heavy (non-hydrogen) atoms. The monoisotopic (exact) mass is 918 g/mol. The molecule has 0 bridgehead atoms. The van der Waals surface area contributed by atoms with E-state index < -0.39 is 181 Å². The maximum atomic E-state index is 14.5. The zero-order valence-corrected chi connectivity index (χ0v) is 33.6. The molecule has 356 valence electrons. The van der Waals surface area contributed by atoms with Gasteiger partial charge < -0.3 is 119 Å². The molecule has 0 saturated carbocycles. The summed E-state index contributed by atoms with van der Waals surface area (Å²) in [5.74, 6) is -3.98. The van der Waals surface area contributed by atoms with Crippen LogP contribution in [0.15, 0.2) is 39.5 Å². The molecule has 20 atom stereocenters. The molecule has 3 aromatic rings. The summed E-state index contributed by atoms with van der Waals surface area (Å²) in [5.41, 5.74) is -1.85. The minimum absolute atomic E-state index is 0.187. The van der Waals surface area contributed by atoms with E-state index in [1.54, 1.807) is 0 Å². The Labute approximate surface area is 360 Å². The Morgan fingerprint density at radius 2 is 1.14 bits per heavy atom. The summed E-state index contributed by atoms with van der Waals surface area (Å²) >= 11 is 0. The lowest BCUT2D eigenvalue weighted by Gasteiger charge is -2.46. The molecule has 25 nitrogen and oxygen atoms in total. The lowest BCUT2D eigenvalue weighted by Crippen LogP contribution is -2.65. The molecule has 2 aromatic carbocycles. The number of aromatic hydroxyl groups is 3. The number of hydrogen-bond acceptors (Lipinski definition) is 25. The number of phenols is 3. The number of phenolic OH excluding ortho intramolecular Hbond substituents is 3.